The predicted octanol–water partition coefficient (Wildman–Crippen LogP) is 0.378. The molecule has 0 aliphatic carbocycles. The number of hydrogen-bond acceptors (Lipinski definition) is 3. The van der Waals surface area contributed by atoms with Crippen LogP contribution in [0.4, 0.5) is 0 Å². The zero-order chi connectivity index (χ0) is 9.10. The van der Waals surface area contributed by atoms with Crippen molar-refractivity contribution in [1.82, 2.24) is 9.55 Å². The number of hydrogen-bond donors (Lipinski definition) is 1. The van der Waals surface area contributed by atoms with Crippen LogP contribution in [0.1, 0.15) is 12.2 Å². The van der Waals surface area contributed by atoms with Crippen LogP contribution in [0, 0.1) is 5.92 Å². The smallest absolute Gasteiger partial charge is 0.122 e. The normalized spacial score (nSPS) is 22.4. The second-order valence-corrected chi connectivity index (χ2v) is 3.43. The van der Waals surface area contributed by atoms with Crippen molar-refractivity contribution in [2.45, 2.75) is 19.5 Å². The Hall–Kier alpha value is -0.870. The van der Waals surface area contributed by atoms with Gasteiger partial charge in [0, 0.05) is 31.5 Å². The lowest BCUT2D eigenvalue weighted by Gasteiger charge is -2.10. The third-order valence-corrected chi connectivity index (χ3v) is 2.46. The van der Waals surface area contributed by atoms with E-state index < -0.39 is 0 Å². The van der Waals surface area contributed by atoms with Crippen LogP contribution in [0.2, 0.25) is 0 Å². The molecule has 2 N–H and O–H groups in total. The van der Waals surface area contributed by atoms with Gasteiger partial charge in [0.05, 0.1) is 13.2 Å². The molecule has 1 atom stereocenters. The van der Waals surface area contributed by atoms with E-state index >= 15 is 0 Å². The Labute approximate surface area is 77.7 Å². The summed E-state index contributed by atoms with van der Waals surface area (Å²) in [6.45, 7) is 3.28. The molecule has 1 aromatic heterocycles. The van der Waals surface area contributed by atoms with Crippen molar-refractivity contribution in [1.29, 1.82) is 0 Å². The lowest BCUT2D eigenvalue weighted by atomic mass is 10.1. The van der Waals surface area contributed by atoms with Gasteiger partial charge in [0.1, 0.15) is 5.82 Å². The van der Waals surface area contributed by atoms with Crippen LogP contribution in [0.15, 0.2) is 12.4 Å². The summed E-state index contributed by atoms with van der Waals surface area (Å²) in [6.07, 6.45) is 4.95. The first-order chi connectivity index (χ1) is 6.40. The molecule has 72 valence electrons. The summed E-state index contributed by atoms with van der Waals surface area (Å²) in [5, 5.41) is 0. The molecule has 1 fully saturated rings. The van der Waals surface area contributed by atoms with Crippen LogP contribution in [0.5, 0.6) is 0 Å². The summed E-state index contributed by atoms with van der Waals surface area (Å²) in [5.41, 5.74) is 5.55. The molecule has 1 unspecified atom stereocenters. The first-order valence-corrected chi connectivity index (χ1v) is 4.68. The molecule has 1 aromatic rings. The minimum Gasteiger partial charge on any atom is -0.381 e. The van der Waals surface area contributed by atoms with E-state index in [1.807, 2.05) is 6.20 Å². The molecular weight excluding hydrogens is 166 g/mol. The molecule has 13 heavy (non-hydrogen) atoms. The van der Waals surface area contributed by atoms with Crippen molar-refractivity contribution in [2.75, 3.05) is 13.2 Å². The highest BCUT2D eigenvalue weighted by molar-refractivity contribution is 4.91. The third kappa shape index (κ3) is 1.89. The molecule has 1 aliphatic heterocycles. The van der Waals surface area contributed by atoms with Crippen LogP contribution in [-0.2, 0) is 17.8 Å². The van der Waals surface area contributed by atoms with E-state index in [2.05, 4.69) is 9.55 Å². The summed E-state index contributed by atoms with van der Waals surface area (Å²) >= 11 is 0. The van der Waals surface area contributed by atoms with Gasteiger partial charge < -0.3 is 15.0 Å². The van der Waals surface area contributed by atoms with Crippen molar-refractivity contribution >= 4 is 0 Å². The van der Waals surface area contributed by atoms with Gasteiger partial charge in [-0.1, -0.05) is 0 Å². The van der Waals surface area contributed by atoms with Gasteiger partial charge in [-0.15, -0.1) is 0 Å². The monoisotopic (exact) mass is 181 g/mol. The van der Waals surface area contributed by atoms with Gasteiger partial charge in [0.15, 0.2) is 0 Å². The topological polar surface area (TPSA) is 53.1 Å². The predicted molar refractivity (Wildman–Crippen MR) is 49.0 cm³/mol. The molecule has 4 heteroatoms. The molecule has 2 rings (SSSR count). The number of imidazole rings is 1. The van der Waals surface area contributed by atoms with Crippen molar-refractivity contribution in [2.24, 2.45) is 11.7 Å². The quantitative estimate of drug-likeness (QED) is 0.733. The highest BCUT2D eigenvalue weighted by Crippen LogP contribution is 2.15. The van der Waals surface area contributed by atoms with Crippen molar-refractivity contribution < 1.29 is 4.74 Å². The molecule has 0 aromatic carbocycles. The van der Waals surface area contributed by atoms with Crippen LogP contribution in [-0.4, -0.2) is 22.8 Å². The summed E-state index contributed by atoms with van der Waals surface area (Å²) in [7, 11) is 0. The van der Waals surface area contributed by atoms with Gasteiger partial charge in [-0.3, -0.25) is 0 Å². The Morgan fingerprint density at radius 1 is 1.69 bits per heavy atom. The lowest BCUT2D eigenvalue weighted by Crippen LogP contribution is -2.14. The van der Waals surface area contributed by atoms with Gasteiger partial charge in [0.2, 0.25) is 0 Å². The van der Waals surface area contributed by atoms with Crippen LogP contribution in [0.25, 0.3) is 0 Å². The maximum absolute atomic E-state index is 5.55. The maximum atomic E-state index is 5.55. The van der Waals surface area contributed by atoms with Gasteiger partial charge in [-0.05, 0) is 6.42 Å². The van der Waals surface area contributed by atoms with E-state index in [0.717, 1.165) is 32.0 Å². The van der Waals surface area contributed by atoms with E-state index in [4.69, 9.17) is 10.5 Å². The fraction of sp³-hybridized carbons (Fsp3) is 0.667. The van der Waals surface area contributed by atoms with Crippen LogP contribution in [0.3, 0.4) is 0 Å². The number of nitrogens with two attached hydrogens (primary N) is 1. The number of nitrogens with zero attached hydrogens (tertiary/aromatic N) is 2. The Balaban J connectivity index is 1.99. The van der Waals surface area contributed by atoms with Gasteiger partial charge in [-0.25, -0.2) is 4.98 Å². The molecule has 2 heterocycles. The first kappa shape index (κ1) is 8.72. The summed E-state index contributed by atoms with van der Waals surface area (Å²) < 4.78 is 7.44. The molecule has 1 aliphatic rings. The maximum Gasteiger partial charge on any atom is 0.122 e. The Morgan fingerprint density at radius 3 is 3.31 bits per heavy atom. The zero-order valence-electron chi connectivity index (χ0n) is 7.65. The molecule has 0 bridgehead atoms. The zero-order valence-corrected chi connectivity index (χ0v) is 7.65. The van der Waals surface area contributed by atoms with Crippen molar-refractivity contribution in [3.8, 4) is 0 Å². The largest absolute Gasteiger partial charge is 0.381 e. The Morgan fingerprint density at radius 2 is 2.62 bits per heavy atom. The average Bonchev–Trinajstić information content (AvgIpc) is 2.76. The fourth-order valence-corrected chi connectivity index (χ4v) is 1.70. The van der Waals surface area contributed by atoms with E-state index in [1.165, 1.54) is 0 Å². The molecule has 4 nitrogen and oxygen atoms in total. The SMILES string of the molecule is NCc1nccn1CC1CCOC1. The summed E-state index contributed by atoms with van der Waals surface area (Å²) in [4.78, 5) is 4.17. The van der Waals surface area contributed by atoms with E-state index in [0.29, 0.717) is 12.5 Å². The molecular formula is C9H15N3O. The van der Waals surface area contributed by atoms with E-state index in [1.54, 1.807) is 6.20 Å². The second kappa shape index (κ2) is 3.89. The van der Waals surface area contributed by atoms with Gasteiger partial charge in [-0.2, -0.15) is 0 Å². The molecule has 1 saturated heterocycles. The number of rotatable bonds is 3. The molecule has 0 radical (unpaired) electrons. The highest BCUT2D eigenvalue weighted by atomic mass is 16.5. The fourth-order valence-electron chi connectivity index (χ4n) is 1.70. The third-order valence-electron chi connectivity index (χ3n) is 2.46. The molecule has 0 saturated carbocycles. The minimum absolute atomic E-state index is 0.514. The standard InChI is InChI=1S/C9H15N3O/c10-5-9-11-2-3-12(9)6-8-1-4-13-7-8/h2-3,8H,1,4-7,10H2. The lowest BCUT2D eigenvalue weighted by molar-refractivity contribution is 0.182. The van der Waals surface area contributed by atoms with Crippen molar-refractivity contribution in [3.05, 3.63) is 18.2 Å². The molecule has 0 amide bonds. The van der Waals surface area contributed by atoms with Crippen molar-refractivity contribution in [3.63, 3.8) is 0 Å². The first-order valence-electron chi connectivity index (χ1n) is 4.68. The van der Waals surface area contributed by atoms with Crippen LogP contribution >= 0.6 is 0 Å². The van der Waals surface area contributed by atoms with E-state index in [9.17, 15) is 0 Å². The minimum atomic E-state index is 0.514. The van der Waals surface area contributed by atoms with Gasteiger partial charge in [0.25, 0.3) is 0 Å². The van der Waals surface area contributed by atoms with Crippen LogP contribution < -0.4 is 5.73 Å². The molecule has 0 spiro atoms. The number of ether oxygens (including phenoxy) is 1. The second-order valence-electron chi connectivity index (χ2n) is 3.43. The average molecular weight is 181 g/mol. The van der Waals surface area contributed by atoms with E-state index in [-0.39, 0.29) is 0 Å². The number of aromatic nitrogens is 2. The summed E-state index contributed by atoms with van der Waals surface area (Å²) in [6, 6.07) is 0. The Bertz CT molecular complexity index is 266. The Kier molecular flexibility index (Phi) is 2.61. The van der Waals surface area contributed by atoms with Gasteiger partial charge >= 0.3 is 0 Å². The summed E-state index contributed by atoms with van der Waals surface area (Å²) in [5.74, 6) is 1.60. The highest BCUT2D eigenvalue weighted by Gasteiger charge is 2.16.